The van der Waals surface area contributed by atoms with Crippen LogP contribution in [0.2, 0.25) is 0 Å². The summed E-state index contributed by atoms with van der Waals surface area (Å²) in [5, 5.41) is 0. The van der Waals surface area contributed by atoms with E-state index in [-0.39, 0.29) is 22.3 Å². The van der Waals surface area contributed by atoms with Crippen LogP contribution in [0.25, 0.3) is 11.1 Å². The van der Waals surface area contributed by atoms with Crippen molar-refractivity contribution in [1.29, 1.82) is 0 Å². The Bertz CT molecular complexity index is 6700. The number of imide groups is 8. The predicted octanol–water partition coefficient (Wildman–Crippen LogP) is 19.6. The fraction of sp³-hybridized carbons (Fsp3) is 0.269. The van der Waals surface area contributed by atoms with Crippen LogP contribution in [0.5, 0.6) is 0 Å². The van der Waals surface area contributed by atoms with Gasteiger partial charge in [0.05, 0.1) is 112 Å². The van der Waals surface area contributed by atoms with Crippen LogP contribution in [0.3, 0.4) is 0 Å². The van der Waals surface area contributed by atoms with E-state index < -0.39 is 308 Å². The first kappa shape index (κ1) is 94.8. The van der Waals surface area contributed by atoms with Crippen LogP contribution in [0.15, 0.2) is 182 Å². The van der Waals surface area contributed by atoms with Crippen LogP contribution >= 0.6 is 0 Å². The molecule has 0 aliphatic carbocycles. The van der Waals surface area contributed by atoms with Gasteiger partial charge < -0.3 is 0 Å². The Hall–Kier alpha value is -15.5. The van der Waals surface area contributed by atoms with Gasteiger partial charge in [-0.05, 0) is 300 Å². The molecule has 10 aromatic rings. The molecule has 0 bridgehead atoms. The monoisotopic (exact) mass is 1920 g/mol. The van der Waals surface area contributed by atoms with Crippen LogP contribution in [-0.2, 0) is 21.7 Å². The number of alkyl halides is 12. The van der Waals surface area contributed by atoms with Crippen LogP contribution in [0.1, 0.15) is 321 Å². The molecule has 0 unspecified atom stereocenters. The van der Waals surface area contributed by atoms with Crippen molar-refractivity contribution in [2.24, 2.45) is 0 Å². The van der Waals surface area contributed by atoms with Crippen molar-refractivity contribution in [3.8, 4) is 11.1 Å². The Morgan fingerprint density at radius 2 is 0.279 bits per heavy atom. The first-order valence-electron chi connectivity index (χ1n) is 43.5. The van der Waals surface area contributed by atoms with E-state index in [1.165, 1.54) is 83.1 Å². The molecule has 0 spiro atoms. The van der Waals surface area contributed by atoms with Gasteiger partial charge in [-0.25, -0.2) is 19.6 Å². The van der Waals surface area contributed by atoms with Crippen LogP contribution < -0.4 is 19.6 Å². The lowest BCUT2D eigenvalue weighted by Gasteiger charge is -2.33. The molecule has 8 aliphatic rings. The molecule has 18 rings (SSSR count). The molecule has 140 heavy (non-hydrogen) atoms. The molecule has 0 N–H and O–H groups in total. The maximum atomic E-state index is 16.3. The molecule has 10 aromatic carbocycles. The van der Waals surface area contributed by atoms with Gasteiger partial charge in [0.2, 0.25) is 0 Å². The average Bonchev–Trinajstić information content (AvgIpc) is 1.51. The normalized spacial score (nSPS) is 18.1. The van der Waals surface area contributed by atoms with Gasteiger partial charge in [0.15, 0.2) is 0 Å². The Morgan fingerprint density at radius 3 is 0.414 bits per heavy atom. The summed E-state index contributed by atoms with van der Waals surface area (Å²) >= 11 is 0. The van der Waals surface area contributed by atoms with Gasteiger partial charge in [-0.1, -0.05) is 48.5 Å². The third kappa shape index (κ3) is 13.3. The summed E-state index contributed by atoms with van der Waals surface area (Å²) in [6.45, 7) is 20.9. The Balaban J connectivity index is 0.812. The maximum absolute atomic E-state index is 16.3. The Kier molecular flexibility index (Phi) is 20.3. The number of nitrogens with zero attached hydrogens (tertiary/aromatic N) is 8. The van der Waals surface area contributed by atoms with E-state index in [1.54, 1.807) is 0 Å². The second-order valence-corrected chi connectivity index (χ2v) is 40.3. The fourth-order valence-corrected chi connectivity index (χ4v) is 19.8. The highest BCUT2D eigenvalue weighted by atomic mass is 19.4. The highest BCUT2D eigenvalue weighted by molar-refractivity contribution is 6.39. The molecule has 714 valence electrons. The predicted molar refractivity (Wildman–Crippen MR) is 479 cm³/mol. The number of halogens is 12. The van der Waals surface area contributed by atoms with E-state index in [2.05, 4.69) is 0 Å². The van der Waals surface area contributed by atoms with Gasteiger partial charge in [-0.2, -0.15) is 52.7 Å². The van der Waals surface area contributed by atoms with Crippen LogP contribution in [-0.4, -0.2) is 161 Å². The van der Waals surface area contributed by atoms with Gasteiger partial charge in [0.1, 0.15) is 21.7 Å². The summed E-state index contributed by atoms with van der Waals surface area (Å²) < 4.78 is 196. The van der Waals surface area contributed by atoms with Crippen molar-refractivity contribution in [2.75, 3.05) is 19.6 Å². The molecule has 0 saturated heterocycles. The minimum atomic E-state index is -5.36. The first-order valence-corrected chi connectivity index (χ1v) is 43.5. The summed E-state index contributed by atoms with van der Waals surface area (Å²) in [6, 6.07) is 26.2. The van der Waals surface area contributed by atoms with E-state index >= 15 is 91.0 Å². The lowest BCUT2D eigenvalue weighted by Crippen LogP contribution is -2.45. The van der Waals surface area contributed by atoms with Gasteiger partial charge in [-0.3, -0.25) is 96.3 Å². The summed E-state index contributed by atoms with van der Waals surface area (Å²) in [7, 11) is 0. The number of carbonyl (C=O) groups is 16. The molecule has 0 radical (unpaired) electrons. The number of hydrogen-bond acceptors (Lipinski definition) is 16. The zero-order valence-corrected chi connectivity index (χ0v) is 77.0. The topological polar surface area (TPSA) is 299 Å². The third-order valence-electron chi connectivity index (χ3n) is 27.8. The van der Waals surface area contributed by atoms with Crippen molar-refractivity contribution >= 4 is 117 Å². The van der Waals surface area contributed by atoms with Crippen molar-refractivity contribution in [3.63, 3.8) is 0 Å². The zero-order valence-electron chi connectivity index (χ0n) is 77.0. The number of fused-ring (bicyclic) bond motifs is 8. The van der Waals surface area contributed by atoms with Crippen LogP contribution in [0, 0.1) is 0 Å². The summed E-state index contributed by atoms with van der Waals surface area (Å²) in [5.41, 5.74) is -35.6. The number of amides is 16. The fourth-order valence-electron chi connectivity index (χ4n) is 19.8. The highest BCUT2D eigenvalue weighted by Gasteiger charge is 2.62. The number of anilines is 4. The minimum Gasteiger partial charge on any atom is -0.269 e. The van der Waals surface area contributed by atoms with Crippen molar-refractivity contribution in [2.45, 2.75) is 179 Å². The first-order chi connectivity index (χ1) is 64.7. The van der Waals surface area contributed by atoms with Crippen molar-refractivity contribution in [3.05, 3.63) is 316 Å². The van der Waals surface area contributed by atoms with Crippen molar-refractivity contribution in [1.82, 2.24) is 19.6 Å². The molecule has 4 atom stereocenters. The maximum Gasteiger partial charge on any atom is 0.402 e. The SMILES string of the molecule is CC(C)(C)N1C(=O)c2ccc([C@](C)(c3ccc4c(c3)C(=O)N(c3cc(-c5cc(N6C(=O)c7ccc([C@@](C)(c8ccc9c(c8)C(=O)N(C(C)(C)C)C9=O)C(F)(F)F)cc7C6=O)cc(N6C(=O)c7ccc([C@](C)(c8ccc9c(c8)C(=O)N(C(C)(C)C)C9=O)C(F)(F)F)cc7C6=O)c5)cc(N5C(=O)c6ccc([C@](C)(c7ccc8c(c7)C(=O)N(C(C)(C)C)C8=O)C(F)(F)F)cc6C5=O)c3)C4=O)C(F)(F)F)cc2C1=O. The number of benzene rings is 10. The lowest BCUT2D eigenvalue weighted by molar-refractivity contribution is -0.173. The average molecular weight is 1920 g/mol. The highest BCUT2D eigenvalue weighted by Crippen LogP contribution is 2.56. The van der Waals surface area contributed by atoms with E-state index in [0.29, 0.717) is 71.6 Å². The molecular weight excluding hydrogens is 1850 g/mol. The largest absolute Gasteiger partial charge is 0.402 e. The molecule has 0 aromatic heterocycles. The molecule has 0 saturated carbocycles. The molecule has 0 fully saturated rings. The molecule has 24 nitrogen and oxygen atoms in total. The Morgan fingerprint density at radius 1 is 0.157 bits per heavy atom. The standard InChI is InChI=1S/C104H78F12N8O16/c1-93(2,3)121-85(133)65-29-21-53(41-73(65)89(121)137)97(13,101(105,106)107)49-17-25-61-69(37-49)81(129)117(77(61)125)57-33-47(34-58(45-57)118-78(126)62-26-18-50(38-70(62)82(118)130)98(14,102(108,109)110)54-22-30-66-74(42-54)90(138)122(86(66)134)94(4,5)6)48-35-59(119-79(127)63-27-19-51(39-71(63)83(119)131)99(15,103(111,112)113)55-23-31-67-75(43-55)91(139)123(87(67)135)95(7,8)9)46-60(36-48)120-80(128)64-28-20-52(40-72(64)84(120)132)100(16,104(114,115)116)56-24-32-68-76(44-56)92(140)124(88(68)136)96(10,11)12/h17-46H,1-16H3/t97-,98+,99-,100+. The van der Waals surface area contributed by atoms with E-state index in [1.807, 2.05) is 0 Å². The lowest BCUT2D eigenvalue weighted by atomic mass is 9.74. The smallest absolute Gasteiger partial charge is 0.269 e. The zero-order chi connectivity index (χ0) is 102. The molecular formula is C104H78F12N8O16. The minimum absolute atomic E-state index is 0.240. The molecule has 8 heterocycles. The third-order valence-corrected chi connectivity index (χ3v) is 27.8. The van der Waals surface area contributed by atoms with E-state index in [0.717, 1.165) is 177 Å². The van der Waals surface area contributed by atoms with Gasteiger partial charge >= 0.3 is 24.7 Å². The molecule has 8 aliphatic heterocycles. The molecule has 16 amide bonds. The summed E-state index contributed by atoms with van der Waals surface area (Å²) in [4.78, 5) is 240. The quantitative estimate of drug-likeness (QED) is 0.0765. The van der Waals surface area contributed by atoms with Crippen LogP contribution in [0.4, 0.5) is 75.4 Å². The number of rotatable bonds is 13. The van der Waals surface area contributed by atoms with Gasteiger partial charge in [0.25, 0.3) is 94.5 Å². The Labute approximate surface area is 788 Å². The summed E-state index contributed by atoms with van der Waals surface area (Å²) in [5.74, 6) is -18.4. The molecule has 36 heteroatoms. The van der Waals surface area contributed by atoms with Crippen molar-refractivity contribution < 1.29 is 129 Å². The number of hydrogen-bond donors (Lipinski definition) is 0. The second kappa shape index (κ2) is 30.0. The van der Waals surface area contributed by atoms with Gasteiger partial charge in [-0.15, -0.1) is 0 Å². The summed E-state index contributed by atoms with van der Waals surface area (Å²) in [6.07, 6.45) is -21.5. The van der Waals surface area contributed by atoms with E-state index in [4.69, 9.17) is 0 Å². The van der Waals surface area contributed by atoms with E-state index in [9.17, 15) is 38.4 Å². The van der Waals surface area contributed by atoms with Gasteiger partial charge in [0, 0.05) is 22.2 Å². The number of carbonyl (C=O) groups excluding carboxylic acids is 16. The second-order valence-electron chi connectivity index (χ2n) is 40.3.